The number of nitrogens with zero attached hydrogens (tertiary/aromatic N) is 1. The van der Waals surface area contributed by atoms with Gasteiger partial charge in [-0.3, -0.25) is 0 Å². The number of hydrogen-bond acceptors (Lipinski definition) is 7. The third kappa shape index (κ3) is 4.81. The minimum Gasteiger partial charge on any atom is -0.463 e. The predicted octanol–water partition coefficient (Wildman–Crippen LogP) is 5.98. The zero-order valence-electron chi connectivity index (χ0n) is 20.6. The predicted molar refractivity (Wildman–Crippen MR) is 137 cm³/mol. The average molecular weight is 507 g/mol. The molecule has 0 amide bonds. The SMILES string of the molecule is CCOC(=O)C1=C(C)NC(C)=C(C(=O)OCC)C1c1ccccc1-c1nc(-c2ccccc2F)cs1. The highest BCUT2D eigenvalue weighted by atomic mass is 32.1. The molecule has 0 aliphatic carbocycles. The van der Waals surface area contributed by atoms with Gasteiger partial charge < -0.3 is 14.8 Å². The summed E-state index contributed by atoms with van der Waals surface area (Å²) < 4.78 is 25.2. The number of benzene rings is 2. The fraction of sp³-hybridized carbons (Fsp3) is 0.250. The number of rotatable bonds is 7. The molecule has 1 N–H and O–H groups in total. The number of aromatic nitrogens is 1. The molecule has 0 radical (unpaired) electrons. The standard InChI is InChI=1S/C28H27FN2O4S/c1-5-34-27(32)23-16(3)30-17(4)24(28(33)35-6-2)25(23)18-11-7-8-12-19(18)26-31-22(15-36-26)20-13-9-10-14-21(20)29/h7-15,25,30H,5-6H2,1-4H3. The topological polar surface area (TPSA) is 77.5 Å². The number of dihydropyridines is 1. The Hall–Kier alpha value is -3.78. The maximum atomic E-state index is 14.4. The molecule has 0 atom stereocenters. The molecule has 0 spiro atoms. The van der Waals surface area contributed by atoms with Crippen LogP contribution in [0.4, 0.5) is 4.39 Å². The van der Waals surface area contributed by atoms with Gasteiger partial charge in [-0.25, -0.2) is 19.0 Å². The molecule has 1 aromatic heterocycles. The van der Waals surface area contributed by atoms with Crippen LogP contribution in [0.5, 0.6) is 0 Å². The highest BCUT2D eigenvalue weighted by molar-refractivity contribution is 7.13. The van der Waals surface area contributed by atoms with Crippen molar-refractivity contribution >= 4 is 23.3 Å². The van der Waals surface area contributed by atoms with Gasteiger partial charge in [0.05, 0.1) is 36.0 Å². The quantitative estimate of drug-likeness (QED) is 0.398. The Labute approximate surface area is 213 Å². The van der Waals surface area contributed by atoms with Gasteiger partial charge in [0.1, 0.15) is 10.8 Å². The van der Waals surface area contributed by atoms with Gasteiger partial charge in [0.25, 0.3) is 0 Å². The van der Waals surface area contributed by atoms with Crippen LogP contribution in [0.3, 0.4) is 0 Å². The molecule has 2 heterocycles. The van der Waals surface area contributed by atoms with E-state index in [4.69, 9.17) is 14.5 Å². The number of thiazole rings is 1. The zero-order valence-corrected chi connectivity index (χ0v) is 21.4. The van der Waals surface area contributed by atoms with Crippen molar-refractivity contribution in [1.29, 1.82) is 0 Å². The van der Waals surface area contributed by atoms with Crippen molar-refractivity contribution in [3.05, 3.63) is 87.8 Å². The van der Waals surface area contributed by atoms with E-state index in [2.05, 4.69) is 5.32 Å². The van der Waals surface area contributed by atoms with Crippen LogP contribution in [-0.2, 0) is 19.1 Å². The molecule has 1 aliphatic rings. The molecule has 2 aromatic carbocycles. The van der Waals surface area contributed by atoms with E-state index >= 15 is 0 Å². The normalized spacial score (nSPS) is 14.0. The lowest BCUT2D eigenvalue weighted by atomic mass is 9.78. The third-order valence-corrected chi connectivity index (χ3v) is 6.78. The van der Waals surface area contributed by atoms with E-state index in [1.165, 1.54) is 17.4 Å². The third-order valence-electron chi connectivity index (χ3n) is 5.91. The van der Waals surface area contributed by atoms with E-state index in [9.17, 15) is 14.0 Å². The summed E-state index contributed by atoms with van der Waals surface area (Å²) in [5.74, 6) is -2.11. The molecule has 1 aliphatic heterocycles. The smallest absolute Gasteiger partial charge is 0.336 e. The van der Waals surface area contributed by atoms with E-state index in [1.807, 2.05) is 24.3 Å². The summed E-state index contributed by atoms with van der Waals surface area (Å²) in [6.07, 6.45) is 0. The van der Waals surface area contributed by atoms with Gasteiger partial charge in [-0.15, -0.1) is 11.3 Å². The first kappa shape index (κ1) is 25.3. The van der Waals surface area contributed by atoms with Crippen molar-refractivity contribution in [2.24, 2.45) is 0 Å². The summed E-state index contributed by atoms with van der Waals surface area (Å²) in [5.41, 5.74) is 4.25. The van der Waals surface area contributed by atoms with Crippen LogP contribution in [0.25, 0.3) is 21.8 Å². The number of carbonyl (C=O) groups is 2. The summed E-state index contributed by atoms with van der Waals surface area (Å²) in [5, 5.41) is 5.59. The second-order valence-corrected chi connectivity index (χ2v) is 9.04. The first-order valence-corrected chi connectivity index (χ1v) is 12.6. The van der Waals surface area contributed by atoms with Gasteiger partial charge >= 0.3 is 11.9 Å². The van der Waals surface area contributed by atoms with E-state index in [-0.39, 0.29) is 19.0 Å². The molecule has 8 heteroatoms. The Kier molecular flexibility index (Phi) is 7.64. The van der Waals surface area contributed by atoms with Crippen LogP contribution in [0.2, 0.25) is 0 Å². The summed E-state index contributed by atoms with van der Waals surface area (Å²) in [6, 6.07) is 14.0. The molecule has 3 aromatic rings. The van der Waals surface area contributed by atoms with Crippen LogP contribution in [0.15, 0.2) is 76.5 Å². The Morgan fingerprint density at radius 3 is 2.06 bits per heavy atom. The van der Waals surface area contributed by atoms with Crippen LogP contribution in [-0.4, -0.2) is 30.1 Å². The molecule has 0 saturated heterocycles. The fourth-order valence-electron chi connectivity index (χ4n) is 4.40. The molecule has 0 saturated carbocycles. The summed E-state index contributed by atoms with van der Waals surface area (Å²) in [7, 11) is 0. The van der Waals surface area contributed by atoms with Crippen LogP contribution >= 0.6 is 11.3 Å². The van der Waals surface area contributed by atoms with E-state index in [0.29, 0.717) is 44.4 Å². The largest absolute Gasteiger partial charge is 0.463 e. The van der Waals surface area contributed by atoms with E-state index in [1.54, 1.807) is 51.3 Å². The average Bonchev–Trinajstić information content (AvgIpc) is 3.34. The number of halogens is 1. The zero-order chi connectivity index (χ0) is 25.8. The molecule has 0 fully saturated rings. The number of esters is 2. The Morgan fingerprint density at radius 2 is 1.47 bits per heavy atom. The van der Waals surface area contributed by atoms with Crippen LogP contribution in [0, 0.1) is 5.82 Å². The van der Waals surface area contributed by atoms with Crippen molar-refractivity contribution in [3.63, 3.8) is 0 Å². The van der Waals surface area contributed by atoms with Crippen molar-refractivity contribution < 1.29 is 23.5 Å². The van der Waals surface area contributed by atoms with Gasteiger partial charge in [0, 0.05) is 27.9 Å². The van der Waals surface area contributed by atoms with Crippen molar-refractivity contribution in [2.75, 3.05) is 13.2 Å². The molecule has 0 unspecified atom stereocenters. The number of ether oxygens (including phenoxy) is 2. The first-order valence-electron chi connectivity index (χ1n) is 11.7. The number of hydrogen-bond donors (Lipinski definition) is 1. The number of allylic oxidation sites excluding steroid dienone is 2. The Balaban J connectivity index is 1.89. The van der Waals surface area contributed by atoms with Gasteiger partial charge in [-0.2, -0.15) is 0 Å². The number of nitrogens with one attached hydrogen (secondary N) is 1. The van der Waals surface area contributed by atoms with E-state index in [0.717, 1.165) is 5.56 Å². The molecule has 186 valence electrons. The summed E-state index contributed by atoms with van der Waals surface area (Å²) >= 11 is 1.37. The van der Waals surface area contributed by atoms with Crippen LogP contribution in [0.1, 0.15) is 39.2 Å². The maximum Gasteiger partial charge on any atom is 0.336 e. The van der Waals surface area contributed by atoms with Crippen LogP contribution < -0.4 is 5.32 Å². The summed E-state index contributed by atoms with van der Waals surface area (Å²) in [4.78, 5) is 31.0. The Morgan fingerprint density at radius 1 is 0.917 bits per heavy atom. The first-order chi connectivity index (χ1) is 17.4. The summed E-state index contributed by atoms with van der Waals surface area (Å²) in [6.45, 7) is 7.43. The van der Waals surface area contributed by atoms with E-state index < -0.39 is 17.9 Å². The maximum absolute atomic E-state index is 14.4. The Bertz CT molecular complexity index is 1340. The fourth-order valence-corrected chi connectivity index (χ4v) is 5.26. The number of carbonyl (C=O) groups excluding carboxylic acids is 2. The lowest BCUT2D eigenvalue weighted by Gasteiger charge is -2.31. The van der Waals surface area contributed by atoms with Gasteiger partial charge in [0.15, 0.2) is 0 Å². The minimum absolute atomic E-state index is 0.194. The second-order valence-electron chi connectivity index (χ2n) is 8.18. The second kappa shape index (κ2) is 10.9. The van der Waals surface area contributed by atoms with Gasteiger partial charge in [0.2, 0.25) is 0 Å². The highest BCUT2D eigenvalue weighted by Gasteiger charge is 2.39. The van der Waals surface area contributed by atoms with Crippen molar-refractivity contribution in [1.82, 2.24) is 10.3 Å². The highest BCUT2D eigenvalue weighted by Crippen LogP contribution is 2.44. The lowest BCUT2D eigenvalue weighted by molar-refractivity contribution is -0.139. The molecule has 6 nitrogen and oxygen atoms in total. The molecular weight excluding hydrogens is 479 g/mol. The minimum atomic E-state index is -0.735. The van der Waals surface area contributed by atoms with Crippen molar-refractivity contribution in [3.8, 4) is 21.8 Å². The molecular formula is C28H27FN2O4S. The molecule has 4 rings (SSSR count). The van der Waals surface area contributed by atoms with Gasteiger partial charge in [-0.1, -0.05) is 36.4 Å². The molecule has 36 heavy (non-hydrogen) atoms. The lowest BCUT2D eigenvalue weighted by Crippen LogP contribution is -2.32. The monoisotopic (exact) mass is 506 g/mol. The van der Waals surface area contributed by atoms with Gasteiger partial charge in [-0.05, 0) is 45.4 Å². The van der Waals surface area contributed by atoms with Crippen molar-refractivity contribution in [2.45, 2.75) is 33.6 Å². The molecule has 0 bridgehead atoms.